The highest BCUT2D eigenvalue weighted by Crippen LogP contribution is 2.17. The molecule has 1 aromatic carbocycles. The monoisotopic (exact) mass is 292 g/mol. The highest BCUT2D eigenvalue weighted by atomic mass is 32.2. The van der Waals surface area contributed by atoms with E-state index in [4.69, 9.17) is 0 Å². The minimum Gasteiger partial charge on any atom is -0.347 e. The fraction of sp³-hybridized carbons (Fsp3) is 0.467. The maximum atomic E-state index is 11.8. The Balaban J connectivity index is 1.59. The van der Waals surface area contributed by atoms with Crippen LogP contribution < -0.4 is 5.32 Å². The first kappa shape index (κ1) is 14.9. The molecule has 5 heteroatoms. The summed E-state index contributed by atoms with van der Waals surface area (Å²) >= 11 is 1.65. The van der Waals surface area contributed by atoms with Crippen molar-refractivity contribution in [1.29, 1.82) is 0 Å². The SMILES string of the molecule is O=C(CCSc1ccccc1)NCC(=O)N1CCCC1. The lowest BCUT2D eigenvalue weighted by Crippen LogP contribution is -2.38. The van der Waals surface area contributed by atoms with E-state index >= 15 is 0 Å². The van der Waals surface area contributed by atoms with Crippen molar-refractivity contribution in [3.8, 4) is 0 Å². The Kier molecular flexibility index (Phi) is 5.92. The van der Waals surface area contributed by atoms with Crippen molar-refractivity contribution in [3.05, 3.63) is 30.3 Å². The molecule has 2 rings (SSSR count). The van der Waals surface area contributed by atoms with Gasteiger partial charge in [0.15, 0.2) is 0 Å². The first-order valence-corrected chi connectivity index (χ1v) is 7.96. The number of thioether (sulfide) groups is 1. The Morgan fingerprint density at radius 1 is 1.15 bits per heavy atom. The number of hydrogen-bond donors (Lipinski definition) is 1. The molecule has 0 atom stereocenters. The van der Waals surface area contributed by atoms with Crippen molar-refractivity contribution in [1.82, 2.24) is 10.2 Å². The largest absolute Gasteiger partial charge is 0.347 e. The number of nitrogens with one attached hydrogen (secondary N) is 1. The zero-order valence-electron chi connectivity index (χ0n) is 11.5. The van der Waals surface area contributed by atoms with Gasteiger partial charge in [-0.25, -0.2) is 0 Å². The molecule has 0 radical (unpaired) electrons. The Labute approximate surface area is 123 Å². The molecule has 1 aliphatic rings. The third-order valence-electron chi connectivity index (χ3n) is 3.24. The minimum atomic E-state index is -0.0546. The summed E-state index contributed by atoms with van der Waals surface area (Å²) in [5.74, 6) is 0.709. The van der Waals surface area contributed by atoms with Gasteiger partial charge in [0.2, 0.25) is 11.8 Å². The second-order valence-electron chi connectivity index (χ2n) is 4.78. The average molecular weight is 292 g/mol. The van der Waals surface area contributed by atoms with Crippen LogP contribution in [0.1, 0.15) is 19.3 Å². The van der Waals surface area contributed by atoms with Gasteiger partial charge in [0.1, 0.15) is 0 Å². The summed E-state index contributed by atoms with van der Waals surface area (Å²) in [6.45, 7) is 1.80. The molecule has 0 aliphatic carbocycles. The molecule has 4 nitrogen and oxygen atoms in total. The van der Waals surface area contributed by atoms with Crippen molar-refractivity contribution in [2.45, 2.75) is 24.2 Å². The van der Waals surface area contributed by atoms with Crippen LogP contribution in [0.25, 0.3) is 0 Å². The predicted octanol–water partition coefficient (Wildman–Crippen LogP) is 1.91. The fourth-order valence-electron chi connectivity index (χ4n) is 2.12. The van der Waals surface area contributed by atoms with Crippen molar-refractivity contribution in [2.75, 3.05) is 25.4 Å². The van der Waals surface area contributed by atoms with E-state index in [2.05, 4.69) is 5.32 Å². The second-order valence-corrected chi connectivity index (χ2v) is 5.94. The van der Waals surface area contributed by atoms with Crippen LogP contribution >= 0.6 is 11.8 Å². The van der Waals surface area contributed by atoms with Crippen LogP contribution in [-0.4, -0.2) is 42.1 Å². The topological polar surface area (TPSA) is 49.4 Å². The van der Waals surface area contributed by atoms with Crippen molar-refractivity contribution in [3.63, 3.8) is 0 Å². The minimum absolute atomic E-state index is 0.0339. The first-order chi connectivity index (χ1) is 9.75. The zero-order chi connectivity index (χ0) is 14.2. The van der Waals surface area contributed by atoms with E-state index in [-0.39, 0.29) is 18.4 Å². The predicted molar refractivity (Wildman–Crippen MR) is 80.6 cm³/mol. The summed E-state index contributed by atoms with van der Waals surface area (Å²) in [5.41, 5.74) is 0. The van der Waals surface area contributed by atoms with E-state index in [9.17, 15) is 9.59 Å². The van der Waals surface area contributed by atoms with E-state index in [0.29, 0.717) is 6.42 Å². The number of carbonyl (C=O) groups is 2. The van der Waals surface area contributed by atoms with Gasteiger partial charge in [-0.05, 0) is 25.0 Å². The standard InChI is InChI=1S/C15H20N2O2S/c18-14(8-11-20-13-6-2-1-3-7-13)16-12-15(19)17-9-4-5-10-17/h1-3,6-7H,4-5,8-12H2,(H,16,18). The van der Waals surface area contributed by atoms with Crippen LogP contribution in [0.3, 0.4) is 0 Å². The van der Waals surface area contributed by atoms with Crippen LogP contribution in [-0.2, 0) is 9.59 Å². The second kappa shape index (κ2) is 7.94. The zero-order valence-corrected chi connectivity index (χ0v) is 12.3. The Bertz CT molecular complexity index is 444. The highest BCUT2D eigenvalue weighted by molar-refractivity contribution is 7.99. The van der Waals surface area contributed by atoms with Crippen molar-refractivity contribution < 1.29 is 9.59 Å². The normalized spacial score (nSPS) is 14.3. The molecule has 0 unspecified atom stereocenters. The molecule has 0 aromatic heterocycles. The first-order valence-electron chi connectivity index (χ1n) is 6.98. The van der Waals surface area contributed by atoms with Gasteiger partial charge in [0.05, 0.1) is 6.54 Å². The van der Waals surface area contributed by atoms with E-state index in [0.717, 1.165) is 36.6 Å². The van der Waals surface area contributed by atoms with Crippen LogP contribution in [0.4, 0.5) is 0 Å². The molecule has 1 fully saturated rings. The van der Waals surface area contributed by atoms with E-state index in [1.807, 2.05) is 35.2 Å². The molecule has 108 valence electrons. The Morgan fingerprint density at radius 2 is 1.85 bits per heavy atom. The molecule has 2 amide bonds. The lowest BCUT2D eigenvalue weighted by atomic mass is 10.4. The molecule has 1 aliphatic heterocycles. The van der Waals surface area contributed by atoms with Gasteiger partial charge in [0, 0.05) is 30.2 Å². The summed E-state index contributed by atoms with van der Waals surface area (Å²) < 4.78 is 0. The number of carbonyl (C=O) groups excluding carboxylic acids is 2. The van der Waals surface area contributed by atoms with Gasteiger partial charge in [0.25, 0.3) is 0 Å². The van der Waals surface area contributed by atoms with Gasteiger partial charge >= 0.3 is 0 Å². The van der Waals surface area contributed by atoms with Crippen molar-refractivity contribution in [2.24, 2.45) is 0 Å². The summed E-state index contributed by atoms with van der Waals surface area (Å²) in [4.78, 5) is 26.4. The molecule has 0 spiro atoms. The van der Waals surface area contributed by atoms with Gasteiger partial charge < -0.3 is 10.2 Å². The highest BCUT2D eigenvalue weighted by Gasteiger charge is 2.17. The third kappa shape index (κ3) is 4.89. The summed E-state index contributed by atoms with van der Waals surface area (Å²) in [6, 6.07) is 9.99. The van der Waals surface area contributed by atoms with E-state index < -0.39 is 0 Å². The van der Waals surface area contributed by atoms with Crippen LogP contribution in [0, 0.1) is 0 Å². The summed E-state index contributed by atoms with van der Waals surface area (Å²) in [6.07, 6.45) is 2.59. The quantitative estimate of drug-likeness (QED) is 0.815. The Morgan fingerprint density at radius 3 is 2.55 bits per heavy atom. The fourth-order valence-corrected chi connectivity index (χ4v) is 2.99. The van der Waals surface area contributed by atoms with Gasteiger partial charge in [-0.15, -0.1) is 11.8 Å². The number of likely N-dealkylation sites (tertiary alicyclic amines) is 1. The molecule has 1 heterocycles. The number of benzene rings is 1. The molecular formula is C15H20N2O2S. The summed E-state index contributed by atoms with van der Waals surface area (Å²) in [7, 11) is 0. The molecule has 1 N–H and O–H groups in total. The van der Waals surface area contributed by atoms with Crippen LogP contribution in [0.2, 0.25) is 0 Å². The lowest BCUT2D eigenvalue weighted by molar-refractivity contribution is -0.131. The van der Waals surface area contributed by atoms with Crippen LogP contribution in [0.15, 0.2) is 35.2 Å². The van der Waals surface area contributed by atoms with Gasteiger partial charge in [-0.1, -0.05) is 18.2 Å². The lowest BCUT2D eigenvalue weighted by Gasteiger charge is -2.15. The number of nitrogens with zero attached hydrogens (tertiary/aromatic N) is 1. The molecular weight excluding hydrogens is 272 g/mol. The van der Waals surface area contributed by atoms with E-state index in [1.54, 1.807) is 11.8 Å². The number of amides is 2. The van der Waals surface area contributed by atoms with Gasteiger partial charge in [-0.2, -0.15) is 0 Å². The summed E-state index contributed by atoms with van der Waals surface area (Å²) in [5, 5.41) is 2.70. The Hall–Kier alpha value is -1.49. The third-order valence-corrected chi connectivity index (χ3v) is 4.25. The molecule has 0 saturated carbocycles. The van der Waals surface area contributed by atoms with E-state index in [1.165, 1.54) is 0 Å². The smallest absolute Gasteiger partial charge is 0.241 e. The van der Waals surface area contributed by atoms with Crippen LogP contribution in [0.5, 0.6) is 0 Å². The maximum Gasteiger partial charge on any atom is 0.241 e. The molecule has 1 aromatic rings. The average Bonchev–Trinajstić information content (AvgIpc) is 3.00. The number of rotatable bonds is 6. The van der Waals surface area contributed by atoms with Gasteiger partial charge in [-0.3, -0.25) is 9.59 Å². The number of hydrogen-bond acceptors (Lipinski definition) is 3. The molecule has 20 heavy (non-hydrogen) atoms. The van der Waals surface area contributed by atoms with Crippen molar-refractivity contribution >= 4 is 23.6 Å². The maximum absolute atomic E-state index is 11.8. The molecule has 1 saturated heterocycles. The molecule has 0 bridgehead atoms.